The standard InChI is InChI=1S/C23H23ClN2O3S/c1-2-3-7-17-10-13-19(14-11-17)25-23(27)18-12-15-21(24)22(16-18)30(28,29)26-20-8-5-4-6-9-20/h4-6,8-16,26H,2-3,7H2,1H3,(H,25,27). The number of aryl methyl sites for hydroxylation is 1. The quantitative estimate of drug-likeness (QED) is 0.467. The second-order valence-electron chi connectivity index (χ2n) is 6.87. The molecule has 2 N–H and O–H groups in total. The number of sulfonamides is 1. The molecular formula is C23H23ClN2O3S. The lowest BCUT2D eigenvalue weighted by atomic mass is 10.1. The van der Waals surface area contributed by atoms with E-state index in [4.69, 9.17) is 11.6 Å². The molecule has 1 amide bonds. The zero-order chi connectivity index (χ0) is 21.6. The first-order valence-electron chi connectivity index (χ1n) is 9.67. The van der Waals surface area contributed by atoms with Crippen LogP contribution in [0.4, 0.5) is 11.4 Å². The number of rotatable bonds is 8. The number of anilines is 2. The van der Waals surface area contributed by atoms with Crippen molar-refractivity contribution in [2.45, 2.75) is 31.1 Å². The summed E-state index contributed by atoms with van der Waals surface area (Å²) in [5.41, 5.74) is 2.46. The molecule has 30 heavy (non-hydrogen) atoms. The summed E-state index contributed by atoms with van der Waals surface area (Å²) in [6, 6.07) is 20.3. The third-order valence-corrected chi connectivity index (χ3v) is 6.40. The van der Waals surface area contributed by atoms with Crippen LogP contribution < -0.4 is 10.0 Å². The number of amides is 1. The highest BCUT2D eigenvalue weighted by molar-refractivity contribution is 7.92. The van der Waals surface area contributed by atoms with Crippen LogP contribution in [0, 0.1) is 0 Å². The number of unbranched alkanes of at least 4 members (excludes halogenated alkanes) is 1. The normalized spacial score (nSPS) is 11.1. The summed E-state index contributed by atoms with van der Waals surface area (Å²) in [5.74, 6) is -0.413. The van der Waals surface area contributed by atoms with Crippen LogP contribution in [-0.4, -0.2) is 14.3 Å². The Morgan fingerprint density at radius 3 is 2.30 bits per heavy atom. The molecule has 3 aromatic carbocycles. The third kappa shape index (κ3) is 5.62. The Balaban J connectivity index is 1.78. The molecule has 0 unspecified atom stereocenters. The zero-order valence-corrected chi connectivity index (χ0v) is 18.1. The summed E-state index contributed by atoms with van der Waals surface area (Å²) in [6.07, 6.45) is 3.24. The Bertz CT molecular complexity index is 1110. The molecule has 7 heteroatoms. The minimum Gasteiger partial charge on any atom is -0.322 e. The smallest absolute Gasteiger partial charge is 0.263 e. The molecule has 3 aromatic rings. The predicted octanol–water partition coefficient (Wildman–Crippen LogP) is 5.74. The lowest BCUT2D eigenvalue weighted by Gasteiger charge is -2.11. The Labute approximate surface area is 182 Å². The first-order valence-corrected chi connectivity index (χ1v) is 11.5. The molecular weight excluding hydrogens is 420 g/mol. The first kappa shape index (κ1) is 21.9. The van der Waals surface area contributed by atoms with Crippen molar-refractivity contribution in [3.63, 3.8) is 0 Å². The Kier molecular flexibility index (Phi) is 7.13. The van der Waals surface area contributed by atoms with Crippen LogP contribution in [0.25, 0.3) is 0 Å². The van der Waals surface area contributed by atoms with Gasteiger partial charge in [0.05, 0.1) is 5.02 Å². The van der Waals surface area contributed by atoms with Crippen molar-refractivity contribution in [2.75, 3.05) is 10.0 Å². The number of hydrogen-bond acceptors (Lipinski definition) is 3. The van der Waals surface area contributed by atoms with Gasteiger partial charge in [-0.2, -0.15) is 0 Å². The van der Waals surface area contributed by atoms with Gasteiger partial charge in [-0.25, -0.2) is 8.42 Å². The third-order valence-electron chi connectivity index (χ3n) is 4.54. The maximum absolute atomic E-state index is 12.8. The van der Waals surface area contributed by atoms with Crippen molar-refractivity contribution in [3.05, 3.63) is 88.9 Å². The summed E-state index contributed by atoms with van der Waals surface area (Å²) in [5, 5.41) is 2.83. The van der Waals surface area contributed by atoms with Gasteiger partial charge in [-0.3, -0.25) is 9.52 Å². The number of hydrogen-bond donors (Lipinski definition) is 2. The van der Waals surface area contributed by atoms with Crippen LogP contribution in [0.3, 0.4) is 0 Å². The lowest BCUT2D eigenvalue weighted by Crippen LogP contribution is -2.16. The summed E-state index contributed by atoms with van der Waals surface area (Å²) in [4.78, 5) is 12.5. The molecule has 0 aliphatic heterocycles. The Morgan fingerprint density at radius 2 is 1.63 bits per heavy atom. The molecule has 0 saturated carbocycles. The van der Waals surface area contributed by atoms with Crippen LogP contribution in [-0.2, 0) is 16.4 Å². The van der Waals surface area contributed by atoms with Crippen molar-refractivity contribution < 1.29 is 13.2 Å². The van der Waals surface area contributed by atoms with Gasteiger partial charge in [0.1, 0.15) is 4.90 Å². The van der Waals surface area contributed by atoms with E-state index in [-0.39, 0.29) is 15.5 Å². The maximum Gasteiger partial charge on any atom is 0.263 e. The van der Waals surface area contributed by atoms with Gasteiger partial charge < -0.3 is 5.32 Å². The van der Waals surface area contributed by atoms with Crippen LogP contribution in [0.15, 0.2) is 77.7 Å². The average Bonchev–Trinajstić information content (AvgIpc) is 2.73. The molecule has 0 radical (unpaired) electrons. The second kappa shape index (κ2) is 9.78. The molecule has 3 rings (SSSR count). The van der Waals surface area contributed by atoms with Gasteiger partial charge in [0.2, 0.25) is 0 Å². The second-order valence-corrected chi connectivity index (χ2v) is 8.93. The maximum atomic E-state index is 12.8. The van der Waals surface area contributed by atoms with Gasteiger partial charge in [-0.15, -0.1) is 0 Å². The van der Waals surface area contributed by atoms with E-state index in [9.17, 15) is 13.2 Å². The number of benzene rings is 3. The molecule has 0 heterocycles. The SMILES string of the molecule is CCCCc1ccc(NC(=O)c2ccc(Cl)c(S(=O)(=O)Nc3ccccc3)c2)cc1. The topological polar surface area (TPSA) is 75.3 Å². The summed E-state index contributed by atoms with van der Waals surface area (Å²) in [7, 11) is -3.95. The fraction of sp³-hybridized carbons (Fsp3) is 0.174. The number of carbonyl (C=O) groups excluding carboxylic acids is 1. The molecule has 0 aliphatic carbocycles. The van der Waals surface area contributed by atoms with Crippen LogP contribution in [0.1, 0.15) is 35.7 Å². The van der Waals surface area contributed by atoms with Gasteiger partial charge in [0.25, 0.3) is 15.9 Å². The summed E-state index contributed by atoms with van der Waals surface area (Å²) in [6.45, 7) is 2.14. The number of halogens is 1. The van der Waals surface area contributed by atoms with Crippen molar-refractivity contribution in [2.24, 2.45) is 0 Å². The van der Waals surface area contributed by atoms with Crippen LogP contribution in [0.2, 0.25) is 5.02 Å². The lowest BCUT2D eigenvalue weighted by molar-refractivity contribution is 0.102. The Hall–Kier alpha value is -2.83. The molecule has 0 aromatic heterocycles. The predicted molar refractivity (Wildman–Crippen MR) is 122 cm³/mol. The fourth-order valence-corrected chi connectivity index (χ4v) is 4.49. The monoisotopic (exact) mass is 442 g/mol. The van der Waals surface area contributed by atoms with Crippen molar-refractivity contribution >= 4 is 38.9 Å². The van der Waals surface area contributed by atoms with E-state index >= 15 is 0 Å². The van der Waals surface area contributed by atoms with E-state index in [1.165, 1.54) is 23.8 Å². The van der Waals surface area contributed by atoms with E-state index in [1.54, 1.807) is 30.3 Å². The molecule has 0 spiro atoms. The van der Waals surface area contributed by atoms with Crippen molar-refractivity contribution in [1.82, 2.24) is 0 Å². The number of carbonyl (C=O) groups is 1. The minimum absolute atomic E-state index is 0.0373. The molecule has 0 fully saturated rings. The number of nitrogens with one attached hydrogen (secondary N) is 2. The van der Waals surface area contributed by atoms with E-state index in [0.29, 0.717) is 11.4 Å². The zero-order valence-electron chi connectivity index (χ0n) is 16.6. The van der Waals surface area contributed by atoms with Gasteiger partial charge >= 0.3 is 0 Å². The molecule has 5 nitrogen and oxygen atoms in total. The first-order chi connectivity index (χ1) is 14.4. The largest absolute Gasteiger partial charge is 0.322 e. The molecule has 156 valence electrons. The highest BCUT2D eigenvalue weighted by atomic mass is 35.5. The van der Waals surface area contributed by atoms with Crippen molar-refractivity contribution in [1.29, 1.82) is 0 Å². The van der Waals surface area contributed by atoms with Crippen LogP contribution >= 0.6 is 11.6 Å². The summed E-state index contributed by atoms with van der Waals surface area (Å²) >= 11 is 6.12. The highest BCUT2D eigenvalue weighted by Crippen LogP contribution is 2.25. The molecule has 0 aliphatic rings. The van der Waals surface area contributed by atoms with E-state index in [2.05, 4.69) is 17.0 Å². The minimum atomic E-state index is -3.95. The Morgan fingerprint density at radius 1 is 0.933 bits per heavy atom. The van der Waals surface area contributed by atoms with E-state index in [1.807, 2.05) is 24.3 Å². The summed E-state index contributed by atoms with van der Waals surface area (Å²) < 4.78 is 28.0. The fourth-order valence-electron chi connectivity index (χ4n) is 2.91. The van der Waals surface area contributed by atoms with Gasteiger partial charge in [-0.05, 0) is 60.9 Å². The molecule has 0 saturated heterocycles. The van der Waals surface area contributed by atoms with Gasteiger partial charge in [0.15, 0.2) is 0 Å². The molecule has 0 atom stereocenters. The molecule has 0 bridgehead atoms. The average molecular weight is 443 g/mol. The van der Waals surface area contributed by atoms with Gasteiger partial charge in [0, 0.05) is 16.9 Å². The van der Waals surface area contributed by atoms with E-state index < -0.39 is 15.9 Å². The van der Waals surface area contributed by atoms with E-state index in [0.717, 1.165) is 19.3 Å². The van der Waals surface area contributed by atoms with Crippen molar-refractivity contribution in [3.8, 4) is 0 Å². The van der Waals surface area contributed by atoms with Gasteiger partial charge in [-0.1, -0.05) is 55.3 Å². The van der Waals surface area contributed by atoms with Crippen LogP contribution in [0.5, 0.6) is 0 Å². The number of para-hydroxylation sites is 1. The highest BCUT2D eigenvalue weighted by Gasteiger charge is 2.20.